The lowest BCUT2D eigenvalue weighted by Crippen LogP contribution is -2.14. The number of carbonyl (C=O) groups is 1. The van der Waals surface area contributed by atoms with E-state index in [4.69, 9.17) is 0 Å². The lowest BCUT2D eigenvalue weighted by molar-refractivity contribution is -0.117. The number of para-hydroxylation sites is 1. The van der Waals surface area contributed by atoms with Crippen LogP contribution < -0.4 is 10.6 Å². The maximum absolute atomic E-state index is 13.1. The molecule has 0 aliphatic heterocycles. The minimum Gasteiger partial charge on any atom is -0.352 e. The van der Waals surface area contributed by atoms with E-state index in [2.05, 4.69) is 25.6 Å². The zero-order valence-electron chi connectivity index (χ0n) is 15.2. The Kier molecular flexibility index (Phi) is 4.69. The molecule has 1 aliphatic carbocycles. The number of anilines is 3. The van der Waals surface area contributed by atoms with Crippen LogP contribution in [0.15, 0.2) is 35.2 Å². The predicted molar refractivity (Wildman–Crippen MR) is 103 cm³/mol. The Bertz CT molecular complexity index is 1210. The number of aromatic amines is 1. The van der Waals surface area contributed by atoms with E-state index in [1.165, 1.54) is 12.1 Å². The first-order valence-corrected chi connectivity index (χ1v) is 10.7. The Balaban J connectivity index is 1.80. The third kappa shape index (κ3) is 4.04. The predicted octanol–water partition coefficient (Wildman–Crippen LogP) is 3.39. The van der Waals surface area contributed by atoms with E-state index >= 15 is 0 Å². The summed E-state index contributed by atoms with van der Waals surface area (Å²) in [5.74, 6) is -0.697. The fraction of sp³-hybridized carbons (Fsp3) is 0.278. The number of carbonyl (C=O) groups excluding carboxylic acids is 1. The van der Waals surface area contributed by atoms with Crippen LogP contribution >= 0.6 is 0 Å². The Morgan fingerprint density at radius 1 is 1.21 bits per heavy atom. The van der Waals surface area contributed by atoms with Crippen molar-refractivity contribution in [2.24, 2.45) is 5.92 Å². The minimum absolute atomic E-state index is 0.0400. The van der Waals surface area contributed by atoms with Crippen LogP contribution in [-0.2, 0) is 14.6 Å². The second-order valence-corrected chi connectivity index (χ2v) is 8.82. The molecule has 2 heterocycles. The molecule has 8 nitrogen and oxygen atoms in total. The van der Waals surface area contributed by atoms with Crippen LogP contribution in [0.1, 0.15) is 25.1 Å². The third-order valence-corrected chi connectivity index (χ3v) is 5.59. The molecule has 1 aromatic carbocycles. The van der Waals surface area contributed by atoms with E-state index in [9.17, 15) is 22.0 Å². The Morgan fingerprint density at radius 2 is 1.93 bits per heavy atom. The molecule has 1 amide bonds. The van der Waals surface area contributed by atoms with Crippen molar-refractivity contribution in [2.45, 2.75) is 24.2 Å². The summed E-state index contributed by atoms with van der Waals surface area (Å²) >= 11 is 0. The highest BCUT2D eigenvalue weighted by molar-refractivity contribution is 7.90. The number of pyridine rings is 1. The van der Waals surface area contributed by atoms with Crippen LogP contribution in [0, 0.1) is 5.92 Å². The normalized spacial score (nSPS) is 14.3. The smallest absolute Gasteiger partial charge is 0.295 e. The van der Waals surface area contributed by atoms with E-state index in [1.54, 1.807) is 18.2 Å². The number of benzene rings is 1. The summed E-state index contributed by atoms with van der Waals surface area (Å²) in [6, 6.07) is 7.64. The SMILES string of the molecule is CS(=O)(=O)c1ccccc1Nc1cc(NC(=O)C2CC2)nc2[nH]c(C(F)F)nc12. The number of sulfone groups is 1. The number of nitrogens with zero attached hydrogens (tertiary/aromatic N) is 2. The Morgan fingerprint density at radius 3 is 2.59 bits per heavy atom. The summed E-state index contributed by atoms with van der Waals surface area (Å²) in [4.78, 5) is 22.6. The molecule has 1 aliphatic rings. The molecule has 0 spiro atoms. The largest absolute Gasteiger partial charge is 0.352 e. The number of hydrogen-bond acceptors (Lipinski definition) is 6. The number of imidazole rings is 1. The van der Waals surface area contributed by atoms with Gasteiger partial charge in [0.05, 0.1) is 16.3 Å². The first-order valence-electron chi connectivity index (χ1n) is 8.78. The zero-order valence-corrected chi connectivity index (χ0v) is 16.1. The molecule has 1 saturated carbocycles. The molecule has 11 heteroatoms. The van der Waals surface area contributed by atoms with Crippen molar-refractivity contribution in [3.63, 3.8) is 0 Å². The molecule has 2 aromatic heterocycles. The number of rotatable bonds is 6. The molecule has 152 valence electrons. The highest BCUT2D eigenvalue weighted by Gasteiger charge is 2.30. The maximum atomic E-state index is 13.1. The molecule has 29 heavy (non-hydrogen) atoms. The van der Waals surface area contributed by atoms with E-state index in [0.717, 1.165) is 19.1 Å². The van der Waals surface area contributed by atoms with Crippen LogP contribution in [0.4, 0.5) is 26.0 Å². The summed E-state index contributed by atoms with van der Waals surface area (Å²) in [6.45, 7) is 0. The number of nitrogens with one attached hydrogen (secondary N) is 3. The Labute approximate surface area is 164 Å². The average Bonchev–Trinajstić information content (AvgIpc) is 3.40. The van der Waals surface area contributed by atoms with Crippen molar-refractivity contribution in [3.8, 4) is 0 Å². The van der Waals surface area contributed by atoms with E-state index in [0.29, 0.717) is 0 Å². The molecule has 0 atom stereocenters. The molecule has 3 aromatic rings. The van der Waals surface area contributed by atoms with Crippen molar-refractivity contribution in [3.05, 3.63) is 36.2 Å². The van der Waals surface area contributed by atoms with Gasteiger partial charge in [-0.25, -0.2) is 27.2 Å². The topological polar surface area (TPSA) is 117 Å². The number of aromatic nitrogens is 3. The van der Waals surface area contributed by atoms with Crippen molar-refractivity contribution >= 4 is 44.1 Å². The van der Waals surface area contributed by atoms with Crippen LogP contribution in [0.25, 0.3) is 11.2 Å². The molecule has 1 fully saturated rings. The van der Waals surface area contributed by atoms with Gasteiger partial charge in [-0.1, -0.05) is 12.1 Å². The molecular formula is C18H17F2N5O3S. The number of halogens is 2. The average molecular weight is 421 g/mol. The van der Waals surface area contributed by atoms with Gasteiger partial charge in [0.15, 0.2) is 21.3 Å². The number of alkyl halides is 2. The molecule has 0 radical (unpaired) electrons. The molecule has 3 N–H and O–H groups in total. The quantitative estimate of drug-likeness (QED) is 0.562. The third-order valence-electron chi connectivity index (χ3n) is 4.43. The monoisotopic (exact) mass is 421 g/mol. The van der Waals surface area contributed by atoms with Crippen molar-refractivity contribution < 1.29 is 22.0 Å². The molecule has 0 saturated heterocycles. The zero-order chi connectivity index (χ0) is 20.8. The van der Waals surface area contributed by atoms with Crippen LogP contribution in [0.2, 0.25) is 0 Å². The van der Waals surface area contributed by atoms with Crippen LogP contribution in [0.5, 0.6) is 0 Å². The van der Waals surface area contributed by atoms with Gasteiger partial charge in [-0.3, -0.25) is 4.79 Å². The molecular weight excluding hydrogens is 404 g/mol. The van der Waals surface area contributed by atoms with Crippen LogP contribution in [-0.4, -0.2) is 35.5 Å². The number of amides is 1. The second-order valence-electron chi connectivity index (χ2n) is 6.83. The van der Waals surface area contributed by atoms with Gasteiger partial charge in [-0.2, -0.15) is 0 Å². The van der Waals surface area contributed by atoms with Crippen molar-refractivity contribution in [1.29, 1.82) is 0 Å². The minimum atomic E-state index is -3.54. The second kappa shape index (κ2) is 7.07. The molecule has 0 unspecified atom stereocenters. The van der Waals surface area contributed by atoms with Gasteiger partial charge in [0.2, 0.25) is 5.91 Å². The van der Waals surface area contributed by atoms with Crippen molar-refractivity contribution in [1.82, 2.24) is 15.0 Å². The van der Waals surface area contributed by atoms with Crippen molar-refractivity contribution in [2.75, 3.05) is 16.9 Å². The summed E-state index contributed by atoms with van der Waals surface area (Å²) < 4.78 is 50.4. The van der Waals surface area contributed by atoms with Gasteiger partial charge in [-0.15, -0.1) is 0 Å². The van der Waals surface area contributed by atoms with E-state index in [1.807, 2.05) is 0 Å². The van der Waals surface area contributed by atoms with Gasteiger partial charge < -0.3 is 15.6 Å². The Hall–Kier alpha value is -3.08. The van der Waals surface area contributed by atoms with Crippen LogP contribution in [0.3, 0.4) is 0 Å². The maximum Gasteiger partial charge on any atom is 0.295 e. The lowest BCUT2D eigenvalue weighted by Gasteiger charge is -2.12. The van der Waals surface area contributed by atoms with Gasteiger partial charge >= 0.3 is 0 Å². The summed E-state index contributed by atoms with van der Waals surface area (Å²) in [5.41, 5.74) is 0.644. The van der Waals surface area contributed by atoms with E-state index in [-0.39, 0.29) is 45.1 Å². The van der Waals surface area contributed by atoms with Gasteiger partial charge in [0.1, 0.15) is 11.3 Å². The van der Waals surface area contributed by atoms with Gasteiger partial charge in [0, 0.05) is 18.2 Å². The number of fused-ring (bicyclic) bond motifs is 1. The lowest BCUT2D eigenvalue weighted by atomic mass is 10.2. The summed E-state index contributed by atoms with van der Waals surface area (Å²) in [7, 11) is -3.54. The summed E-state index contributed by atoms with van der Waals surface area (Å²) in [5, 5.41) is 5.60. The first kappa shape index (κ1) is 19.2. The van der Waals surface area contributed by atoms with Gasteiger partial charge in [-0.05, 0) is 25.0 Å². The molecule has 0 bridgehead atoms. The standard InChI is InChI=1S/C18H17F2N5O3S/c1-29(27,28)12-5-3-2-4-10(12)21-11-8-13(23-18(26)9-6-7-9)22-16-14(11)24-17(25-16)15(19)20/h2-5,8-9,15H,6-7H2,1H3,(H3,21,22,23,24,25,26). The number of H-pyrrole nitrogens is 1. The summed E-state index contributed by atoms with van der Waals surface area (Å²) in [6.07, 6.45) is -0.189. The van der Waals surface area contributed by atoms with Gasteiger partial charge in [0.25, 0.3) is 6.43 Å². The highest BCUT2D eigenvalue weighted by atomic mass is 32.2. The first-order chi connectivity index (χ1) is 13.7. The molecule has 4 rings (SSSR count). The van der Waals surface area contributed by atoms with E-state index < -0.39 is 22.1 Å². The fourth-order valence-electron chi connectivity index (χ4n) is 2.88. The highest BCUT2D eigenvalue weighted by Crippen LogP contribution is 2.33. The fourth-order valence-corrected chi connectivity index (χ4v) is 3.73. The number of hydrogen-bond donors (Lipinski definition) is 3.